The molecule has 2 aromatic rings. The quantitative estimate of drug-likeness (QED) is 0.886. The van der Waals surface area contributed by atoms with Gasteiger partial charge in [-0.25, -0.2) is 0 Å². The number of anilines is 1. The van der Waals surface area contributed by atoms with Crippen LogP contribution in [0.4, 0.5) is 6.01 Å². The molecule has 0 radical (unpaired) electrons. The highest BCUT2D eigenvalue weighted by molar-refractivity contribution is 5.88. The van der Waals surface area contributed by atoms with Gasteiger partial charge in [0.1, 0.15) is 0 Å². The lowest BCUT2D eigenvalue weighted by Crippen LogP contribution is -2.12. The topological polar surface area (TPSA) is 80.9 Å². The Bertz CT molecular complexity index is 563. The van der Waals surface area contributed by atoms with Crippen LogP contribution in [0, 0.1) is 0 Å². The van der Waals surface area contributed by atoms with Crippen LogP contribution in [0.1, 0.15) is 36.6 Å². The highest BCUT2D eigenvalue weighted by atomic mass is 16.5. The van der Waals surface area contributed by atoms with Crippen molar-refractivity contribution in [2.24, 2.45) is 0 Å². The fraction of sp³-hybridized carbons (Fsp3) is 0.385. The van der Waals surface area contributed by atoms with E-state index >= 15 is 0 Å². The minimum Gasteiger partial charge on any atom is -0.315 e. The number of hydrogen-bond donors (Lipinski definition) is 1. The molecule has 0 aromatic carbocycles. The van der Waals surface area contributed by atoms with Gasteiger partial charge in [-0.05, 0) is 30.9 Å². The smallest absolute Gasteiger partial charge is 0.315 e. The molecule has 2 heterocycles. The Hall–Kier alpha value is -2.24. The standard InChI is InChI=1S/C13H14N4O2/c18-11(6-3-9-2-1-7-14-8-9)15-13-16-12(17-19-13)10-4-5-10/h1-2,7-8,10H,3-6H2,(H,15,16,17,18). The van der Waals surface area contributed by atoms with Gasteiger partial charge in [0.15, 0.2) is 5.82 Å². The maximum absolute atomic E-state index is 11.7. The normalized spacial score (nSPS) is 14.3. The van der Waals surface area contributed by atoms with E-state index in [2.05, 4.69) is 20.4 Å². The van der Waals surface area contributed by atoms with E-state index in [0.29, 0.717) is 24.6 Å². The first-order valence-electron chi connectivity index (χ1n) is 6.33. The van der Waals surface area contributed by atoms with Gasteiger partial charge in [0.25, 0.3) is 0 Å². The molecule has 1 fully saturated rings. The van der Waals surface area contributed by atoms with Crippen molar-refractivity contribution < 1.29 is 9.32 Å². The van der Waals surface area contributed by atoms with Gasteiger partial charge >= 0.3 is 6.01 Å². The van der Waals surface area contributed by atoms with Gasteiger partial charge in [0, 0.05) is 24.7 Å². The maximum atomic E-state index is 11.7. The largest absolute Gasteiger partial charge is 0.328 e. The molecule has 98 valence electrons. The number of pyridine rings is 1. The summed E-state index contributed by atoms with van der Waals surface area (Å²) in [4.78, 5) is 19.9. The summed E-state index contributed by atoms with van der Waals surface area (Å²) in [6, 6.07) is 3.99. The molecule has 0 bridgehead atoms. The van der Waals surface area contributed by atoms with E-state index in [1.54, 1.807) is 12.4 Å². The van der Waals surface area contributed by atoms with Gasteiger partial charge in [-0.3, -0.25) is 15.1 Å². The number of aryl methyl sites for hydroxylation is 1. The minimum absolute atomic E-state index is 0.130. The third kappa shape index (κ3) is 3.15. The molecule has 0 saturated heterocycles. The summed E-state index contributed by atoms with van der Waals surface area (Å²) in [5.41, 5.74) is 1.03. The first-order valence-corrected chi connectivity index (χ1v) is 6.33. The maximum Gasteiger partial charge on any atom is 0.328 e. The fourth-order valence-corrected chi connectivity index (χ4v) is 1.78. The second-order valence-electron chi connectivity index (χ2n) is 4.64. The summed E-state index contributed by atoms with van der Waals surface area (Å²) in [6.45, 7) is 0. The first kappa shape index (κ1) is 11.8. The Morgan fingerprint density at radius 3 is 3.11 bits per heavy atom. The molecule has 0 spiro atoms. The van der Waals surface area contributed by atoms with Crippen molar-refractivity contribution in [2.45, 2.75) is 31.6 Å². The summed E-state index contributed by atoms with van der Waals surface area (Å²) in [6.07, 6.45) is 6.69. The molecule has 1 N–H and O–H groups in total. The van der Waals surface area contributed by atoms with Crippen LogP contribution in [-0.4, -0.2) is 21.0 Å². The Morgan fingerprint density at radius 1 is 1.47 bits per heavy atom. The third-order valence-corrected chi connectivity index (χ3v) is 2.99. The summed E-state index contributed by atoms with van der Waals surface area (Å²) in [5, 5.41) is 6.45. The third-order valence-electron chi connectivity index (χ3n) is 2.99. The lowest BCUT2D eigenvalue weighted by atomic mass is 10.1. The summed E-state index contributed by atoms with van der Waals surface area (Å²) < 4.78 is 4.98. The number of aromatic nitrogens is 3. The average Bonchev–Trinajstić information content (AvgIpc) is 3.19. The van der Waals surface area contributed by atoms with Gasteiger partial charge in [-0.15, -0.1) is 0 Å². The van der Waals surface area contributed by atoms with Gasteiger partial charge in [-0.2, -0.15) is 4.98 Å². The summed E-state index contributed by atoms with van der Waals surface area (Å²) >= 11 is 0. The number of carbonyl (C=O) groups is 1. The molecule has 6 heteroatoms. The molecule has 19 heavy (non-hydrogen) atoms. The molecule has 1 aliphatic rings. The predicted octanol–water partition coefficient (Wildman–Crippen LogP) is 1.91. The van der Waals surface area contributed by atoms with Crippen LogP contribution >= 0.6 is 0 Å². The molecular weight excluding hydrogens is 244 g/mol. The van der Waals surface area contributed by atoms with Crippen LogP contribution in [0.2, 0.25) is 0 Å². The molecule has 0 aliphatic heterocycles. The SMILES string of the molecule is O=C(CCc1cccnc1)Nc1nc(C2CC2)no1. The van der Waals surface area contributed by atoms with Gasteiger partial charge < -0.3 is 4.52 Å². The monoisotopic (exact) mass is 258 g/mol. The first-order chi connectivity index (χ1) is 9.31. The Labute approximate surface area is 110 Å². The highest BCUT2D eigenvalue weighted by Gasteiger charge is 2.28. The number of rotatable bonds is 5. The molecule has 1 amide bonds. The lowest BCUT2D eigenvalue weighted by molar-refractivity contribution is -0.116. The van der Waals surface area contributed by atoms with Crippen molar-refractivity contribution in [3.05, 3.63) is 35.9 Å². The zero-order chi connectivity index (χ0) is 13.1. The summed E-state index contributed by atoms with van der Waals surface area (Å²) in [5.74, 6) is 0.988. The molecule has 3 rings (SSSR count). The highest BCUT2D eigenvalue weighted by Crippen LogP contribution is 2.38. The number of nitrogens with zero attached hydrogens (tertiary/aromatic N) is 3. The van der Waals surface area contributed by atoms with E-state index in [9.17, 15) is 4.79 Å². The zero-order valence-electron chi connectivity index (χ0n) is 10.4. The zero-order valence-corrected chi connectivity index (χ0v) is 10.4. The van der Waals surface area contributed by atoms with Crippen molar-refractivity contribution >= 4 is 11.9 Å². The molecule has 2 aromatic heterocycles. The van der Waals surface area contributed by atoms with Crippen molar-refractivity contribution in [3.8, 4) is 0 Å². The van der Waals surface area contributed by atoms with Crippen LogP contribution in [0.5, 0.6) is 0 Å². The van der Waals surface area contributed by atoms with E-state index in [4.69, 9.17) is 4.52 Å². The van der Waals surface area contributed by atoms with Gasteiger partial charge in [0.2, 0.25) is 5.91 Å². The number of amides is 1. The Balaban J connectivity index is 1.50. The van der Waals surface area contributed by atoms with Crippen LogP contribution in [0.15, 0.2) is 29.0 Å². The van der Waals surface area contributed by atoms with Crippen molar-refractivity contribution in [1.29, 1.82) is 0 Å². The number of carbonyl (C=O) groups excluding carboxylic acids is 1. The van der Waals surface area contributed by atoms with Crippen LogP contribution in [0.25, 0.3) is 0 Å². The minimum atomic E-state index is -0.130. The molecular formula is C13H14N4O2. The molecule has 1 saturated carbocycles. The second kappa shape index (κ2) is 5.17. The predicted molar refractivity (Wildman–Crippen MR) is 67.5 cm³/mol. The van der Waals surface area contributed by atoms with E-state index in [1.807, 2.05) is 12.1 Å². The van der Waals surface area contributed by atoms with E-state index in [-0.39, 0.29) is 11.9 Å². The van der Waals surface area contributed by atoms with E-state index < -0.39 is 0 Å². The van der Waals surface area contributed by atoms with Crippen molar-refractivity contribution in [3.63, 3.8) is 0 Å². The van der Waals surface area contributed by atoms with E-state index in [0.717, 1.165) is 18.4 Å². The van der Waals surface area contributed by atoms with Crippen LogP contribution in [0.3, 0.4) is 0 Å². The van der Waals surface area contributed by atoms with Crippen LogP contribution < -0.4 is 5.32 Å². The van der Waals surface area contributed by atoms with Crippen molar-refractivity contribution in [1.82, 2.24) is 15.1 Å². The molecule has 0 unspecified atom stereocenters. The molecule has 1 aliphatic carbocycles. The fourth-order valence-electron chi connectivity index (χ4n) is 1.78. The number of nitrogens with one attached hydrogen (secondary N) is 1. The Kier molecular flexibility index (Phi) is 3.22. The second-order valence-corrected chi connectivity index (χ2v) is 4.64. The van der Waals surface area contributed by atoms with Crippen LogP contribution in [-0.2, 0) is 11.2 Å². The lowest BCUT2D eigenvalue weighted by Gasteiger charge is -2.00. The van der Waals surface area contributed by atoms with E-state index in [1.165, 1.54) is 0 Å². The number of hydrogen-bond acceptors (Lipinski definition) is 5. The van der Waals surface area contributed by atoms with Crippen molar-refractivity contribution in [2.75, 3.05) is 5.32 Å². The Morgan fingerprint density at radius 2 is 2.37 bits per heavy atom. The summed E-state index contributed by atoms with van der Waals surface area (Å²) in [7, 11) is 0. The molecule has 6 nitrogen and oxygen atoms in total. The van der Waals surface area contributed by atoms with Gasteiger partial charge in [-0.1, -0.05) is 11.2 Å². The van der Waals surface area contributed by atoms with Gasteiger partial charge in [0.05, 0.1) is 0 Å². The average molecular weight is 258 g/mol. The molecule has 0 atom stereocenters.